The molecule has 1 aliphatic rings. The van der Waals surface area contributed by atoms with Gasteiger partial charge in [-0.1, -0.05) is 6.92 Å². The Bertz CT molecular complexity index is 302. The van der Waals surface area contributed by atoms with Gasteiger partial charge in [-0.3, -0.25) is 9.59 Å². The Balaban J connectivity index is 2.51. The molecule has 2 amide bonds. The van der Waals surface area contributed by atoms with Crippen LogP contribution in [0.4, 0.5) is 0 Å². The van der Waals surface area contributed by atoms with Crippen molar-refractivity contribution >= 4 is 11.8 Å². The lowest BCUT2D eigenvalue weighted by Gasteiger charge is -2.37. The molecule has 1 rings (SSSR count). The van der Waals surface area contributed by atoms with E-state index < -0.39 is 5.54 Å². The van der Waals surface area contributed by atoms with Gasteiger partial charge in [0.25, 0.3) is 0 Å². The highest BCUT2D eigenvalue weighted by Gasteiger charge is 2.35. The molecular formula is C12H23N3O2. The van der Waals surface area contributed by atoms with E-state index in [4.69, 9.17) is 0 Å². The van der Waals surface area contributed by atoms with E-state index in [1.54, 1.807) is 4.90 Å². The van der Waals surface area contributed by atoms with Crippen LogP contribution in [0.15, 0.2) is 0 Å². The fourth-order valence-corrected chi connectivity index (χ4v) is 1.82. The third-order valence-corrected chi connectivity index (χ3v) is 3.12. The number of hydrogen-bond donors (Lipinski definition) is 2. The van der Waals surface area contributed by atoms with Gasteiger partial charge < -0.3 is 15.5 Å². The van der Waals surface area contributed by atoms with Crippen molar-refractivity contribution in [2.24, 2.45) is 0 Å². The summed E-state index contributed by atoms with van der Waals surface area (Å²) in [5, 5.41) is 6.01. The van der Waals surface area contributed by atoms with Crippen LogP contribution in [-0.4, -0.2) is 47.9 Å². The van der Waals surface area contributed by atoms with Crippen LogP contribution in [0, 0.1) is 0 Å². The molecule has 0 aromatic heterocycles. The molecule has 1 atom stereocenters. The topological polar surface area (TPSA) is 61.4 Å². The molecule has 1 fully saturated rings. The fraction of sp³-hybridized carbons (Fsp3) is 0.833. The van der Waals surface area contributed by atoms with E-state index in [0.29, 0.717) is 6.54 Å². The summed E-state index contributed by atoms with van der Waals surface area (Å²) < 4.78 is 0. The highest BCUT2D eigenvalue weighted by molar-refractivity contribution is 5.90. The number of amides is 2. The quantitative estimate of drug-likeness (QED) is 0.734. The monoisotopic (exact) mass is 241 g/mol. The predicted molar refractivity (Wildman–Crippen MR) is 66.6 cm³/mol. The summed E-state index contributed by atoms with van der Waals surface area (Å²) >= 11 is 0. The van der Waals surface area contributed by atoms with Crippen molar-refractivity contribution in [1.82, 2.24) is 15.5 Å². The Morgan fingerprint density at radius 3 is 2.82 bits per heavy atom. The first-order chi connectivity index (χ1) is 7.86. The summed E-state index contributed by atoms with van der Waals surface area (Å²) in [6.45, 7) is 9.15. The van der Waals surface area contributed by atoms with Crippen LogP contribution in [0.2, 0.25) is 0 Å². The molecule has 17 heavy (non-hydrogen) atoms. The van der Waals surface area contributed by atoms with E-state index in [1.165, 1.54) is 0 Å². The normalized spacial score (nSPS) is 21.2. The zero-order valence-electron chi connectivity index (χ0n) is 11.2. The van der Waals surface area contributed by atoms with Crippen molar-refractivity contribution in [3.63, 3.8) is 0 Å². The lowest BCUT2D eigenvalue weighted by Crippen LogP contribution is -2.62. The van der Waals surface area contributed by atoms with Crippen LogP contribution in [0.5, 0.6) is 0 Å². The van der Waals surface area contributed by atoms with Gasteiger partial charge in [0.15, 0.2) is 0 Å². The molecule has 0 aromatic carbocycles. The Morgan fingerprint density at radius 2 is 2.24 bits per heavy atom. The lowest BCUT2D eigenvalue weighted by molar-refractivity contribution is -0.143. The summed E-state index contributed by atoms with van der Waals surface area (Å²) in [7, 11) is 0. The first-order valence-corrected chi connectivity index (χ1v) is 6.20. The molecule has 98 valence electrons. The van der Waals surface area contributed by atoms with E-state index in [1.807, 2.05) is 27.7 Å². The van der Waals surface area contributed by atoms with Gasteiger partial charge in [0.1, 0.15) is 0 Å². The number of rotatable bonds is 4. The predicted octanol–water partition coefficient (Wildman–Crippen LogP) is 0.112. The van der Waals surface area contributed by atoms with Gasteiger partial charge >= 0.3 is 0 Å². The molecule has 1 saturated heterocycles. The molecule has 0 aliphatic carbocycles. The number of nitrogens with zero attached hydrogens (tertiary/aromatic N) is 1. The van der Waals surface area contributed by atoms with Crippen LogP contribution in [0.3, 0.4) is 0 Å². The number of piperazine rings is 1. The molecule has 0 saturated carbocycles. The van der Waals surface area contributed by atoms with Crippen molar-refractivity contribution in [1.29, 1.82) is 0 Å². The second-order valence-electron chi connectivity index (χ2n) is 5.16. The van der Waals surface area contributed by atoms with Gasteiger partial charge in [0, 0.05) is 19.1 Å². The molecule has 0 spiro atoms. The molecule has 0 radical (unpaired) electrons. The molecule has 1 aliphatic heterocycles. The summed E-state index contributed by atoms with van der Waals surface area (Å²) in [5.41, 5.74) is -0.561. The summed E-state index contributed by atoms with van der Waals surface area (Å²) in [5.74, 6) is -0.0894. The SMILES string of the molecule is CCC(C)NC(=O)CN1CCNC(C)(C)C1=O. The lowest BCUT2D eigenvalue weighted by atomic mass is 10.0. The Labute approximate surface area is 103 Å². The minimum atomic E-state index is -0.561. The van der Waals surface area contributed by atoms with Gasteiger partial charge in [-0.15, -0.1) is 0 Å². The highest BCUT2D eigenvalue weighted by atomic mass is 16.2. The number of nitrogens with one attached hydrogen (secondary N) is 2. The van der Waals surface area contributed by atoms with Gasteiger partial charge in [0.2, 0.25) is 11.8 Å². The maximum Gasteiger partial charge on any atom is 0.242 e. The average Bonchev–Trinajstić information content (AvgIpc) is 2.24. The number of carbonyl (C=O) groups excluding carboxylic acids is 2. The first-order valence-electron chi connectivity index (χ1n) is 6.20. The van der Waals surface area contributed by atoms with Crippen LogP contribution in [0.25, 0.3) is 0 Å². The van der Waals surface area contributed by atoms with Crippen LogP contribution in [0.1, 0.15) is 34.1 Å². The molecular weight excluding hydrogens is 218 g/mol. The molecule has 5 nitrogen and oxygen atoms in total. The third kappa shape index (κ3) is 3.70. The molecule has 1 heterocycles. The Morgan fingerprint density at radius 1 is 1.59 bits per heavy atom. The van der Waals surface area contributed by atoms with Crippen LogP contribution >= 0.6 is 0 Å². The average molecular weight is 241 g/mol. The zero-order chi connectivity index (χ0) is 13.1. The minimum absolute atomic E-state index is 0.0111. The van der Waals surface area contributed by atoms with Crippen LogP contribution in [-0.2, 0) is 9.59 Å². The van der Waals surface area contributed by atoms with E-state index in [9.17, 15) is 9.59 Å². The fourth-order valence-electron chi connectivity index (χ4n) is 1.82. The van der Waals surface area contributed by atoms with Crippen molar-refractivity contribution < 1.29 is 9.59 Å². The Hall–Kier alpha value is -1.10. The van der Waals surface area contributed by atoms with E-state index >= 15 is 0 Å². The summed E-state index contributed by atoms with van der Waals surface area (Å²) in [6.07, 6.45) is 0.896. The van der Waals surface area contributed by atoms with Gasteiger partial charge in [-0.2, -0.15) is 0 Å². The molecule has 1 unspecified atom stereocenters. The first kappa shape index (κ1) is 14.0. The largest absolute Gasteiger partial charge is 0.352 e. The number of hydrogen-bond acceptors (Lipinski definition) is 3. The standard InChI is InChI=1S/C12H23N3O2/c1-5-9(2)14-10(16)8-15-7-6-13-12(3,4)11(15)17/h9,13H,5-8H2,1-4H3,(H,14,16). The van der Waals surface area contributed by atoms with E-state index in [-0.39, 0.29) is 24.4 Å². The van der Waals surface area contributed by atoms with Crippen molar-refractivity contribution in [3.8, 4) is 0 Å². The molecule has 2 N–H and O–H groups in total. The van der Waals surface area contributed by atoms with Gasteiger partial charge in [0.05, 0.1) is 12.1 Å². The minimum Gasteiger partial charge on any atom is -0.352 e. The molecule has 5 heteroatoms. The van der Waals surface area contributed by atoms with Gasteiger partial charge in [-0.25, -0.2) is 0 Å². The van der Waals surface area contributed by atoms with Crippen molar-refractivity contribution in [2.75, 3.05) is 19.6 Å². The maximum absolute atomic E-state index is 12.0. The second kappa shape index (κ2) is 5.49. The van der Waals surface area contributed by atoms with Gasteiger partial charge in [-0.05, 0) is 27.2 Å². The third-order valence-electron chi connectivity index (χ3n) is 3.12. The summed E-state index contributed by atoms with van der Waals surface area (Å²) in [4.78, 5) is 25.4. The van der Waals surface area contributed by atoms with Crippen LogP contribution < -0.4 is 10.6 Å². The Kier molecular flexibility index (Phi) is 4.51. The number of carbonyl (C=O) groups is 2. The van der Waals surface area contributed by atoms with Crippen molar-refractivity contribution in [2.45, 2.75) is 45.7 Å². The van der Waals surface area contributed by atoms with E-state index in [2.05, 4.69) is 10.6 Å². The maximum atomic E-state index is 12.0. The highest BCUT2D eigenvalue weighted by Crippen LogP contribution is 2.11. The second-order valence-corrected chi connectivity index (χ2v) is 5.16. The van der Waals surface area contributed by atoms with Crippen molar-refractivity contribution in [3.05, 3.63) is 0 Å². The zero-order valence-corrected chi connectivity index (χ0v) is 11.2. The molecule has 0 aromatic rings. The molecule has 0 bridgehead atoms. The smallest absolute Gasteiger partial charge is 0.242 e. The van der Waals surface area contributed by atoms with E-state index in [0.717, 1.165) is 13.0 Å². The summed E-state index contributed by atoms with van der Waals surface area (Å²) in [6, 6.07) is 0.161.